The fraction of sp³-hybridized carbons (Fsp3) is 0.522. The Balaban J connectivity index is 0.00000155. The summed E-state index contributed by atoms with van der Waals surface area (Å²) >= 11 is 0. The van der Waals surface area contributed by atoms with Crippen molar-refractivity contribution in [2.45, 2.75) is 53.6 Å². The first-order chi connectivity index (χ1) is 14.2. The monoisotopic (exact) mass is 416 g/mol. The van der Waals surface area contributed by atoms with E-state index in [9.17, 15) is 14.4 Å². The molecule has 0 unspecified atom stereocenters. The van der Waals surface area contributed by atoms with Crippen LogP contribution in [-0.2, 0) is 4.74 Å². The van der Waals surface area contributed by atoms with E-state index in [1.54, 1.807) is 24.0 Å². The van der Waals surface area contributed by atoms with Crippen LogP contribution in [0.5, 0.6) is 0 Å². The molecule has 0 saturated carbocycles. The van der Waals surface area contributed by atoms with Gasteiger partial charge in [-0.05, 0) is 39.0 Å². The summed E-state index contributed by atoms with van der Waals surface area (Å²) < 4.78 is 10.8. The maximum absolute atomic E-state index is 12.2. The van der Waals surface area contributed by atoms with E-state index in [0.29, 0.717) is 37.1 Å². The lowest BCUT2D eigenvalue weighted by Gasteiger charge is -2.36. The van der Waals surface area contributed by atoms with Crippen molar-refractivity contribution in [1.29, 1.82) is 0 Å². The van der Waals surface area contributed by atoms with E-state index in [-0.39, 0.29) is 23.9 Å². The van der Waals surface area contributed by atoms with Crippen molar-refractivity contribution in [2.24, 2.45) is 0 Å². The maximum Gasteiger partial charge on any atom is 0.410 e. The van der Waals surface area contributed by atoms with Crippen molar-refractivity contribution in [3.8, 4) is 0 Å². The van der Waals surface area contributed by atoms with E-state index in [4.69, 9.17) is 9.15 Å². The van der Waals surface area contributed by atoms with Gasteiger partial charge in [-0.3, -0.25) is 4.79 Å². The fourth-order valence-electron chi connectivity index (χ4n) is 3.16. The van der Waals surface area contributed by atoms with Crippen molar-refractivity contribution >= 4 is 28.5 Å². The summed E-state index contributed by atoms with van der Waals surface area (Å²) in [7, 11) is 0. The zero-order valence-electron chi connectivity index (χ0n) is 18.8. The Labute approximate surface area is 177 Å². The van der Waals surface area contributed by atoms with Gasteiger partial charge in [-0.2, -0.15) is 0 Å². The molecule has 1 fully saturated rings. The SMILES string of the molecule is CC.CCC(=O)c1cc2ccc(N3CCN(C(=O)OC(C)(C)C)CC3)cc2oc1=O. The Morgan fingerprint density at radius 1 is 1.07 bits per heavy atom. The number of hydrogen-bond donors (Lipinski definition) is 0. The molecule has 0 radical (unpaired) electrons. The molecular weight excluding hydrogens is 384 g/mol. The van der Waals surface area contributed by atoms with E-state index in [2.05, 4.69) is 4.90 Å². The first-order valence-corrected chi connectivity index (χ1v) is 10.5. The molecule has 1 aliphatic heterocycles. The van der Waals surface area contributed by atoms with Crippen LogP contribution in [0.25, 0.3) is 11.0 Å². The number of carbonyl (C=O) groups is 2. The van der Waals surface area contributed by atoms with Gasteiger partial charge < -0.3 is 19.0 Å². The predicted octanol–water partition coefficient (Wildman–Crippen LogP) is 4.47. The fourth-order valence-corrected chi connectivity index (χ4v) is 3.16. The van der Waals surface area contributed by atoms with Gasteiger partial charge in [0, 0.05) is 49.7 Å². The topological polar surface area (TPSA) is 80.1 Å². The second-order valence-corrected chi connectivity index (χ2v) is 7.90. The van der Waals surface area contributed by atoms with E-state index < -0.39 is 11.2 Å². The highest BCUT2D eigenvalue weighted by Crippen LogP contribution is 2.24. The van der Waals surface area contributed by atoms with Crippen LogP contribution in [0.2, 0.25) is 0 Å². The number of piperazine rings is 1. The van der Waals surface area contributed by atoms with Gasteiger partial charge in [-0.25, -0.2) is 9.59 Å². The average Bonchev–Trinajstić information content (AvgIpc) is 2.72. The van der Waals surface area contributed by atoms with Gasteiger partial charge in [-0.15, -0.1) is 0 Å². The molecule has 0 aliphatic carbocycles. The van der Waals surface area contributed by atoms with E-state index >= 15 is 0 Å². The normalized spacial score (nSPS) is 14.2. The molecule has 0 spiro atoms. The van der Waals surface area contributed by atoms with Crippen LogP contribution in [0, 0.1) is 0 Å². The minimum Gasteiger partial charge on any atom is -0.444 e. The summed E-state index contributed by atoms with van der Waals surface area (Å²) in [6.07, 6.45) is -0.0409. The Morgan fingerprint density at radius 2 is 1.70 bits per heavy atom. The smallest absolute Gasteiger partial charge is 0.410 e. The van der Waals surface area contributed by atoms with Gasteiger partial charge in [0.15, 0.2) is 5.78 Å². The predicted molar refractivity (Wildman–Crippen MR) is 118 cm³/mol. The van der Waals surface area contributed by atoms with Crippen LogP contribution in [0.15, 0.2) is 33.5 Å². The molecule has 0 atom stereocenters. The van der Waals surface area contributed by atoms with E-state index in [1.807, 2.05) is 46.8 Å². The number of carbonyl (C=O) groups excluding carboxylic acids is 2. The minimum atomic E-state index is -0.605. The summed E-state index contributed by atoms with van der Waals surface area (Å²) in [4.78, 5) is 40.0. The zero-order valence-corrected chi connectivity index (χ0v) is 18.8. The third kappa shape index (κ3) is 5.62. The average molecular weight is 417 g/mol. The zero-order chi connectivity index (χ0) is 22.5. The number of Topliss-reactive ketones (excluding diaryl/α,β-unsaturated/α-hetero) is 1. The summed E-state index contributed by atoms with van der Waals surface area (Å²) in [6, 6.07) is 7.18. The number of ether oxygens (including phenoxy) is 1. The Kier molecular flexibility index (Phi) is 7.65. The number of anilines is 1. The quantitative estimate of drug-likeness (QED) is 0.543. The van der Waals surface area contributed by atoms with Crippen molar-refractivity contribution in [2.75, 3.05) is 31.1 Å². The van der Waals surface area contributed by atoms with Crippen molar-refractivity contribution in [3.63, 3.8) is 0 Å². The summed E-state index contributed by atoms with van der Waals surface area (Å²) in [5.41, 5.74) is 0.334. The highest BCUT2D eigenvalue weighted by molar-refractivity contribution is 5.98. The van der Waals surface area contributed by atoms with Crippen LogP contribution in [0.4, 0.5) is 10.5 Å². The molecule has 1 saturated heterocycles. The number of hydrogen-bond acceptors (Lipinski definition) is 6. The molecular formula is C23H32N2O5. The van der Waals surface area contributed by atoms with Crippen LogP contribution in [0.3, 0.4) is 0 Å². The first kappa shape index (κ1) is 23.4. The standard InChI is InChI=1S/C21H26N2O5.C2H6/c1-5-17(24)16-12-14-6-7-15(13-18(14)27-19(16)25)22-8-10-23(11-9-22)20(26)28-21(2,3)4;1-2/h6-7,12-13H,5,8-11H2,1-4H3;1-2H3. The van der Waals surface area contributed by atoms with Crippen molar-refractivity contribution < 1.29 is 18.7 Å². The Bertz CT molecular complexity index is 950. The second-order valence-electron chi connectivity index (χ2n) is 7.90. The van der Waals surface area contributed by atoms with Crippen LogP contribution in [0.1, 0.15) is 58.3 Å². The molecule has 1 amide bonds. The summed E-state index contributed by atoms with van der Waals surface area (Å²) in [5, 5.41) is 0.715. The Hall–Kier alpha value is -2.83. The van der Waals surface area contributed by atoms with E-state index in [1.165, 1.54) is 0 Å². The highest BCUT2D eigenvalue weighted by Gasteiger charge is 2.26. The van der Waals surface area contributed by atoms with Gasteiger partial charge in [-0.1, -0.05) is 20.8 Å². The lowest BCUT2D eigenvalue weighted by molar-refractivity contribution is 0.0240. The largest absolute Gasteiger partial charge is 0.444 e. The van der Waals surface area contributed by atoms with Crippen LogP contribution in [-0.4, -0.2) is 48.6 Å². The minimum absolute atomic E-state index is 0.0914. The first-order valence-electron chi connectivity index (χ1n) is 10.5. The van der Waals surface area contributed by atoms with Crippen molar-refractivity contribution in [1.82, 2.24) is 4.90 Å². The van der Waals surface area contributed by atoms with E-state index in [0.717, 1.165) is 5.69 Å². The molecule has 3 rings (SSSR count). The lowest BCUT2D eigenvalue weighted by atomic mass is 10.1. The Morgan fingerprint density at radius 3 is 2.27 bits per heavy atom. The summed E-state index contributed by atoms with van der Waals surface area (Å²) in [5.74, 6) is -0.224. The maximum atomic E-state index is 12.2. The molecule has 1 aliphatic rings. The molecule has 30 heavy (non-hydrogen) atoms. The number of nitrogens with zero attached hydrogens (tertiary/aromatic N) is 2. The van der Waals surface area contributed by atoms with Crippen LogP contribution >= 0.6 is 0 Å². The molecule has 1 aromatic heterocycles. The summed E-state index contributed by atoms with van der Waals surface area (Å²) in [6.45, 7) is 13.7. The van der Waals surface area contributed by atoms with Gasteiger partial charge in [0.25, 0.3) is 0 Å². The number of ketones is 1. The number of amides is 1. The molecule has 0 bridgehead atoms. The van der Waals surface area contributed by atoms with Gasteiger partial charge >= 0.3 is 11.7 Å². The van der Waals surface area contributed by atoms with Gasteiger partial charge in [0.05, 0.1) is 0 Å². The molecule has 1 aromatic carbocycles. The van der Waals surface area contributed by atoms with Gasteiger partial charge in [0.1, 0.15) is 16.7 Å². The number of fused-ring (bicyclic) bond motifs is 1. The molecule has 7 heteroatoms. The van der Waals surface area contributed by atoms with Crippen molar-refractivity contribution in [3.05, 3.63) is 40.2 Å². The molecule has 164 valence electrons. The molecule has 2 heterocycles. The van der Waals surface area contributed by atoms with Crippen LogP contribution < -0.4 is 10.5 Å². The molecule has 2 aromatic rings. The second kappa shape index (κ2) is 9.78. The molecule has 0 N–H and O–H groups in total. The third-order valence-corrected chi connectivity index (χ3v) is 4.64. The third-order valence-electron chi connectivity index (χ3n) is 4.64. The number of benzene rings is 1. The lowest BCUT2D eigenvalue weighted by Crippen LogP contribution is -2.50. The van der Waals surface area contributed by atoms with Gasteiger partial charge in [0.2, 0.25) is 0 Å². The molecule has 7 nitrogen and oxygen atoms in total. The highest BCUT2D eigenvalue weighted by atomic mass is 16.6. The number of rotatable bonds is 3.